The molecule has 252 valence electrons. The number of hydrogen-bond acceptors (Lipinski definition) is 7. The van der Waals surface area contributed by atoms with Crippen LogP contribution in [0.4, 0.5) is 0 Å². The van der Waals surface area contributed by atoms with Crippen LogP contribution >= 0.6 is 0 Å². The number of ether oxygens (including phenoxy) is 3. The fourth-order valence-corrected chi connectivity index (χ4v) is 7.34. The molecule has 2 aromatic carbocycles. The highest BCUT2D eigenvalue weighted by molar-refractivity contribution is 5.84. The van der Waals surface area contributed by atoms with E-state index in [9.17, 15) is 4.79 Å². The van der Waals surface area contributed by atoms with Gasteiger partial charge in [0.15, 0.2) is 11.4 Å². The summed E-state index contributed by atoms with van der Waals surface area (Å²) in [6, 6.07) is 16.3. The predicted molar refractivity (Wildman–Crippen MR) is 188 cm³/mol. The summed E-state index contributed by atoms with van der Waals surface area (Å²) >= 11 is 0. The Labute approximate surface area is 289 Å². The fourth-order valence-electron chi connectivity index (χ4n) is 7.34. The number of nitrogens with zero attached hydrogens (tertiary/aromatic N) is 4. The van der Waals surface area contributed by atoms with Crippen molar-refractivity contribution in [2.75, 3.05) is 6.61 Å². The van der Waals surface area contributed by atoms with Gasteiger partial charge < -0.3 is 18.8 Å². The molecule has 8 nitrogen and oxygen atoms in total. The average Bonchev–Trinajstić information content (AvgIpc) is 3.36. The molecular formula is C41H44N4O4. The Balaban J connectivity index is 1.32. The Bertz CT molecular complexity index is 2060. The van der Waals surface area contributed by atoms with Gasteiger partial charge in [0, 0.05) is 17.0 Å². The number of fused-ring (bicyclic) bond motifs is 4. The van der Waals surface area contributed by atoms with Gasteiger partial charge in [-0.05, 0) is 85.3 Å². The zero-order valence-electron chi connectivity index (χ0n) is 29.8. The molecule has 2 saturated carbocycles. The van der Waals surface area contributed by atoms with E-state index in [4.69, 9.17) is 29.2 Å². The molecule has 4 aromatic rings. The summed E-state index contributed by atoms with van der Waals surface area (Å²) in [6.45, 7) is 19.1. The normalized spacial score (nSPS) is 25.1. The number of imidazole rings is 1. The molecule has 49 heavy (non-hydrogen) atoms. The Hall–Kier alpha value is -4.50. The van der Waals surface area contributed by atoms with Crippen LogP contribution in [0.25, 0.3) is 11.2 Å². The smallest absolute Gasteiger partial charge is 0.315 e. The molecule has 1 aliphatic heterocycles. The zero-order valence-corrected chi connectivity index (χ0v) is 29.8. The summed E-state index contributed by atoms with van der Waals surface area (Å²) in [7, 11) is 0. The molecule has 1 saturated heterocycles. The van der Waals surface area contributed by atoms with Crippen LogP contribution in [-0.2, 0) is 29.8 Å². The van der Waals surface area contributed by atoms with Crippen molar-refractivity contribution < 1.29 is 19.0 Å². The molecule has 0 spiro atoms. The molecule has 8 heteroatoms. The second-order valence-corrected chi connectivity index (χ2v) is 16.0. The highest BCUT2D eigenvalue weighted by atomic mass is 16.8. The van der Waals surface area contributed by atoms with E-state index >= 15 is 0 Å². The van der Waals surface area contributed by atoms with Gasteiger partial charge >= 0.3 is 5.97 Å². The van der Waals surface area contributed by atoms with Crippen LogP contribution in [0.2, 0.25) is 0 Å². The first-order valence-electron chi connectivity index (χ1n) is 17.1. The van der Waals surface area contributed by atoms with Crippen molar-refractivity contribution in [3.63, 3.8) is 0 Å². The van der Waals surface area contributed by atoms with Crippen LogP contribution < -0.4 is 0 Å². The van der Waals surface area contributed by atoms with Gasteiger partial charge in [-0.1, -0.05) is 77.6 Å². The molecule has 3 heterocycles. The van der Waals surface area contributed by atoms with E-state index in [1.807, 2.05) is 49.6 Å². The van der Waals surface area contributed by atoms with E-state index in [1.165, 1.54) is 11.1 Å². The number of esters is 1. The second kappa shape index (κ2) is 11.5. The van der Waals surface area contributed by atoms with Crippen molar-refractivity contribution in [3.8, 4) is 23.7 Å². The minimum Gasteiger partial charge on any atom is -0.465 e. The van der Waals surface area contributed by atoms with Crippen LogP contribution in [0.15, 0.2) is 54.9 Å². The SMILES string of the molecule is CCOC(=O)[C@@]12C[C@@H]1[C@@H](n1cnc3c(C#Cc4ccc(C(C)(C)C)cc4)nc(C#Cc4ccc(C(C)(C)C)cc4)nc31)[C@H]1OC(C)(C)O[C@H]12. The maximum atomic E-state index is 13.4. The number of benzene rings is 2. The Morgan fingerprint density at radius 3 is 2.04 bits per heavy atom. The van der Waals surface area contributed by atoms with E-state index < -0.39 is 17.3 Å². The quantitative estimate of drug-likeness (QED) is 0.176. The highest BCUT2D eigenvalue weighted by Gasteiger charge is 2.80. The molecule has 0 radical (unpaired) electrons. The van der Waals surface area contributed by atoms with Crippen molar-refractivity contribution in [2.24, 2.45) is 11.3 Å². The van der Waals surface area contributed by atoms with Gasteiger partial charge in [0.1, 0.15) is 28.8 Å². The molecule has 0 unspecified atom stereocenters. The molecule has 3 fully saturated rings. The van der Waals surface area contributed by atoms with Crippen molar-refractivity contribution in [1.82, 2.24) is 19.5 Å². The van der Waals surface area contributed by atoms with Crippen molar-refractivity contribution in [3.05, 3.63) is 88.6 Å². The lowest BCUT2D eigenvalue weighted by Crippen LogP contribution is -2.36. The lowest BCUT2D eigenvalue weighted by molar-refractivity contribution is -0.172. The average molecular weight is 657 g/mol. The first-order chi connectivity index (χ1) is 23.1. The molecule has 7 rings (SSSR count). The van der Waals surface area contributed by atoms with Crippen LogP contribution in [0, 0.1) is 35.0 Å². The molecular weight excluding hydrogens is 612 g/mol. The largest absolute Gasteiger partial charge is 0.465 e. The third-order valence-corrected chi connectivity index (χ3v) is 9.99. The Kier molecular flexibility index (Phi) is 7.78. The van der Waals surface area contributed by atoms with E-state index in [2.05, 4.69) is 89.5 Å². The summed E-state index contributed by atoms with van der Waals surface area (Å²) in [4.78, 5) is 27.9. The molecule has 3 aliphatic rings. The minimum absolute atomic E-state index is 0.0447. The van der Waals surface area contributed by atoms with Gasteiger partial charge in [0.05, 0.1) is 19.0 Å². The van der Waals surface area contributed by atoms with Crippen LogP contribution in [0.3, 0.4) is 0 Å². The predicted octanol–water partition coefficient (Wildman–Crippen LogP) is 6.87. The summed E-state index contributed by atoms with van der Waals surface area (Å²) in [5, 5.41) is 0. The van der Waals surface area contributed by atoms with E-state index in [-0.39, 0.29) is 34.9 Å². The lowest BCUT2D eigenvalue weighted by atomic mass is 9.87. The van der Waals surface area contributed by atoms with Crippen LogP contribution in [0.1, 0.15) is 109 Å². The van der Waals surface area contributed by atoms with Gasteiger partial charge in [-0.2, -0.15) is 0 Å². The number of carbonyl (C=O) groups is 1. The number of carbonyl (C=O) groups excluding carboxylic acids is 1. The Morgan fingerprint density at radius 1 is 0.878 bits per heavy atom. The molecule has 0 amide bonds. The standard InChI is InChI=1S/C41H44N4O4/c1-10-47-37(46)41-23-29(41)33(34-35(41)49-40(8,9)48-34)45-24-42-32-30(21-15-25-11-17-27(18-12-25)38(2,3)4)43-31(44-36(32)45)22-16-26-13-19-28(20-14-26)39(5,6)7/h11-14,17-20,24,29,33-35H,10,23H2,1-9H3/t29-,33-,34-,35-,41+/m1/s1. The lowest BCUT2D eigenvalue weighted by Gasteiger charge is -2.24. The summed E-state index contributed by atoms with van der Waals surface area (Å²) in [5.74, 6) is 12.2. The number of aromatic nitrogens is 4. The van der Waals surface area contributed by atoms with E-state index in [1.54, 1.807) is 6.33 Å². The first-order valence-corrected chi connectivity index (χ1v) is 17.1. The Morgan fingerprint density at radius 2 is 1.47 bits per heavy atom. The van der Waals surface area contributed by atoms with Gasteiger partial charge in [-0.3, -0.25) is 4.79 Å². The molecule has 0 N–H and O–H groups in total. The van der Waals surface area contributed by atoms with Crippen LogP contribution in [0.5, 0.6) is 0 Å². The maximum Gasteiger partial charge on any atom is 0.315 e. The van der Waals surface area contributed by atoms with Gasteiger partial charge in [0.25, 0.3) is 0 Å². The topological polar surface area (TPSA) is 88.4 Å². The van der Waals surface area contributed by atoms with E-state index in [0.717, 1.165) is 11.1 Å². The number of hydrogen-bond donors (Lipinski definition) is 0. The fraction of sp³-hybridized carbons (Fsp3) is 0.463. The third kappa shape index (κ3) is 5.92. The van der Waals surface area contributed by atoms with Crippen molar-refractivity contribution in [1.29, 1.82) is 0 Å². The van der Waals surface area contributed by atoms with Crippen molar-refractivity contribution >= 4 is 17.1 Å². The first kappa shape index (κ1) is 33.0. The van der Waals surface area contributed by atoms with Gasteiger partial charge in [-0.15, -0.1) is 0 Å². The molecule has 5 atom stereocenters. The number of rotatable bonds is 3. The maximum absolute atomic E-state index is 13.4. The zero-order chi connectivity index (χ0) is 34.9. The second-order valence-electron chi connectivity index (χ2n) is 16.0. The van der Waals surface area contributed by atoms with Gasteiger partial charge in [-0.25, -0.2) is 15.0 Å². The molecule has 0 bridgehead atoms. The third-order valence-electron chi connectivity index (χ3n) is 9.99. The van der Waals surface area contributed by atoms with Crippen molar-refractivity contribution in [2.45, 2.75) is 104 Å². The van der Waals surface area contributed by atoms with E-state index in [0.29, 0.717) is 35.7 Å². The molecule has 2 aromatic heterocycles. The minimum atomic E-state index is -0.843. The van der Waals surface area contributed by atoms with Crippen LogP contribution in [-0.4, -0.2) is 50.1 Å². The monoisotopic (exact) mass is 656 g/mol. The molecule has 2 aliphatic carbocycles. The summed E-state index contributed by atoms with van der Waals surface area (Å²) in [5.41, 5.74) is 5.22. The highest BCUT2D eigenvalue weighted by Crippen LogP contribution is 2.72. The summed E-state index contributed by atoms with van der Waals surface area (Å²) in [6.07, 6.45) is 1.61. The summed E-state index contributed by atoms with van der Waals surface area (Å²) < 4.78 is 20.5. The van der Waals surface area contributed by atoms with Gasteiger partial charge in [0.2, 0.25) is 5.82 Å².